The van der Waals surface area contributed by atoms with Crippen molar-refractivity contribution in [3.05, 3.63) is 35.1 Å². The minimum Gasteiger partial charge on any atom is -0.465 e. The van der Waals surface area contributed by atoms with Gasteiger partial charge in [0.15, 0.2) is 0 Å². The second kappa shape index (κ2) is 5.27. The van der Waals surface area contributed by atoms with Crippen LogP contribution < -0.4 is 5.32 Å². The summed E-state index contributed by atoms with van der Waals surface area (Å²) in [6.45, 7) is 1.85. The van der Waals surface area contributed by atoms with Crippen LogP contribution in [0.25, 0.3) is 0 Å². The molecular weight excluding hydrogens is 221 g/mol. The highest BCUT2D eigenvalue weighted by atomic mass is 19.1. The van der Waals surface area contributed by atoms with Gasteiger partial charge in [0.05, 0.1) is 12.7 Å². The number of methoxy groups -OCH3 is 1. The van der Waals surface area contributed by atoms with Crippen LogP contribution in [0.5, 0.6) is 0 Å². The highest BCUT2D eigenvalue weighted by molar-refractivity contribution is 5.89. The summed E-state index contributed by atoms with van der Waals surface area (Å²) in [6, 6.07) is 4.45. The number of hydrogen-bond donors (Lipinski definition) is 1. The molecule has 0 aliphatic carbocycles. The summed E-state index contributed by atoms with van der Waals surface area (Å²) in [7, 11) is 1.30. The van der Waals surface area contributed by atoms with E-state index in [2.05, 4.69) is 10.1 Å². The van der Waals surface area contributed by atoms with Crippen molar-refractivity contribution >= 4 is 5.97 Å². The van der Waals surface area contributed by atoms with Gasteiger partial charge < -0.3 is 10.1 Å². The van der Waals surface area contributed by atoms with E-state index in [1.807, 2.05) is 0 Å². The van der Waals surface area contributed by atoms with Crippen molar-refractivity contribution in [3.63, 3.8) is 0 Å². The van der Waals surface area contributed by atoms with Crippen LogP contribution in [-0.2, 0) is 4.74 Å². The van der Waals surface area contributed by atoms with Crippen LogP contribution in [0.15, 0.2) is 18.2 Å². The maximum Gasteiger partial charge on any atom is 0.337 e. The van der Waals surface area contributed by atoms with E-state index in [-0.39, 0.29) is 17.3 Å². The molecule has 1 atom stereocenters. The first-order valence-corrected chi connectivity index (χ1v) is 5.80. The smallest absolute Gasteiger partial charge is 0.337 e. The third-order valence-electron chi connectivity index (χ3n) is 3.11. The van der Waals surface area contributed by atoms with Crippen LogP contribution in [0.3, 0.4) is 0 Å². The molecule has 2 rings (SSSR count). The molecule has 1 aromatic rings. The van der Waals surface area contributed by atoms with Gasteiger partial charge in [0, 0.05) is 6.54 Å². The Kier molecular flexibility index (Phi) is 3.74. The Hall–Kier alpha value is -1.42. The lowest BCUT2D eigenvalue weighted by Gasteiger charge is -2.23. The molecule has 3 nitrogen and oxygen atoms in total. The molecule has 0 spiro atoms. The largest absolute Gasteiger partial charge is 0.465 e. The number of carbonyl (C=O) groups is 1. The summed E-state index contributed by atoms with van der Waals surface area (Å²) in [4.78, 5) is 11.4. The van der Waals surface area contributed by atoms with Crippen molar-refractivity contribution in [2.24, 2.45) is 0 Å². The van der Waals surface area contributed by atoms with Gasteiger partial charge in [0.2, 0.25) is 0 Å². The molecule has 0 saturated carbocycles. The van der Waals surface area contributed by atoms with Crippen LogP contribution in [0.2, 0.25) is 0 Å². The van der Waals surface area contributed by atoms with Crippen molar-refractivity contribution in [2.45, 2.75) is 18.8 Å². The molecule has 4 heteroatoms. The van der Waals surface area contributed by atoms with E-state index in [9.17, 15) is 9.18 Å². The Morgan fingerprint density at radius 1 is 1.47 bits per heavy atom. The normalized spacial score (nSPS) is 20.0. The number of esters is 1. The number of halogens is 1. The van der Waals surface area contributed by atoms with Crippen molar-refractivity contribution < 1.29 is 13.9 Å². The zero-order valence-electron chi connectivity index (χ0n) is 9.83. The number of hydrogen-bond acceptors (Lipinski definition) is 3. The molecule has 92 valence electrons. The van der Waals surface area contributed by atoms with Crippen molar-refractivity contribution in [2.75, 3.05) is 20.2 Å². The van der Waals surface area contributed by atoms with E-state index in [4.69, 9.17) is 0 Å². The first kappa shape index (κ1) is 12.0. The zero-order chi connectivity index (χ0) is 12.3. The van der Waals surface area contributed by atoms with Crippen molar-refractivity contribution in [1.82, 2.24) is 5.32 Å². The average Bonchev–Trinajstić information content (AvgIpc) is 2.38. The Bertz CT molecular complexity index is 414. The van der Waals surface area contributed by atoms with Gasteiger partial charge in [-0.15, -0.1) is 0 Å². The van der Waals surface area contributed by atoms with Crippen LogP contribution >= 0.6 is 0 Å². The van der Waals surface area contributed by atoms with Gasteiger partial charge >= 0.3 is 5.97 Å². The molecule has 0 radical (unpaired) electrons. The predicted octanol–water partition coefficient (Wildman–Crippen LogP) is 2.08. The summed E-state index contributed by atoms with van der Waals surface area (Å²) >= 11 is 0. The summed E-state index contributed by atoms with van der Waals surface area (Å²) < 4.78 is 18.1. The molecule has 1 fully saturated rings. The van der Waals surface area contributed by atoms with Crippen LogP contribution in [0, 0.1) is 5.82 Å². The van der Waals surface area contributed by atoms with Gasteiger partial charge in [-0.3, -0.25) is 0 Å². The van der Waals surface area contributed by atoms with Crippen molar-refractivity contribution in [1.29, 1.82) is 0 Å². The lowest BCUT2D eigenvalue weighted by Crippen LogP contribution is -2.28. The van der Waals surface area contributed by atoms with Gasteiger partial charge in [0.25, 0.3) is 0 Å². The molecule has 0 bridgehead atoms. The number of nitrogens with one attached hydrogen (secondary N) is 1. The number of rotatable bonds is 2. The average molecular weight is 237 g/mol. The van der Waals surface area contributed by atoms with E-state index in [1.54, 1.807) is 6.07 Å². The molecule has 1 aliphatic heterocycles. The molecule has 1 N–H and O–H groups in total. The first-order valence-electron chi connectivity index (χ1n) is 5.80. The Morgan fingerprint density at radius 3 is 2.94 bits per heavy atom. The second-order valence-corrected chi connectivity index (χ2v) is 4.31. The quantitative estimate of drug-likeness (QED) is 0.800. The topological polar surface area (TPSA) is 38.3 Å². The van der Waals surface area contributed by atoms with Crippen LogP contribution in [0.1, 0.15) is 34.7 Å². The Labute approximate surface area is 100.0 Å². The highest BCUT2D eigenvalue weighted by Gasteiger charge is 2.18. The Morgan fingerprint density at radius 2 is 2.29 bits per heavy atom. The monoisotopic (exact) mass is 237 g/mol. The van der Waals surface area contributed by atoms with Gasteiger partial charge in [0.1, 0.15) is 5.82 Å². The van der Waals surface area contributed by atoms with Crippen molar-refractivity contribution in [3.8, 4) is 0 Å². The Balaban J connectivity index is 2.27. The predicted molar refractivity (Wildman–Crippen MR) is 62.6 cm³/mol. The lowest BCUT2D eigenvalue weighted by molar-refractivity contribution is 0.0600. The molecular formula is C13H16FNO2. The van der Waals surface area contributed by atoms with E-state index in [0.29, 0.717) is 0 Å². The lowest BCUT2D eigenvalue weighted by atomic mass is 9.90. The van der Waals surface area contributed by atoms with Gasteiger partial charge in [-0.25, -0.2) is 9.18 Å². The van der Waals surface area contributed by atoms with Crippen LogP contribution in [-0.4, -0.2) is 26.2 Å². The standard InChI is InChI=1S/C13H16FNO2/c1-17-13(16)11-5-10(6-12(14)7-11)9-3-2-4-15-8-9/h5-7,9,15H,2-4,8H2,1H3. The minimum atomic E-state index is -0.491. The molecule has 0 amide bonds. The number of carbonyl (C=O) groups excluding carboxylic acids is 1. The molecule has 1 aromatic carbocycles. The molecule has 0 aromatic heterocycles. The maximum absolute atomic E-state index is 13.5. The fourth-order valence-electron chi connectivity index (χ4n) is 2.22. The third kappa shape index (κ3) is 2.82. The fraction of sp³-hybridized carbons (Fsp3) is 0.462. The van der Waals surface area contributed by atoms with E-state index in [0.717, 1.165) is 31.5 Å². The summed E-state index contributed by atoms with van der Waals surface area (Å²) in [5, 5.41) is 3.28. The molecule has 1 unspecified atom stereocenters. The summed E-state index contributed by atoms with van der Waals surface area (Å²) in [5.41, 5.74) is 1.16. The third-order valence-corrected chi connectivity index (χ3v) is 3.11. The molecule has 1 saturated heterocycles. The molecule has 1 heterocycles. The molecule has 1 aliphatic rings. The van der Waals surface area contributed by atoms with E-state index < -0.39 is 5.97 Å². The van der Waals surface area contributed by atoms with Gasteiger partial charge in [-0.1, -0.05) is 0 Å². The number of piperidine rings is 1. The number of benzene rings is 1. The van der Waals surface area contributed by atoms with E-state index >= 15 is 0 Å². The number of ether oxygens (including phenoxy) is 1. The van der Waals surface area contributed by atoms with Crippen LogP contribution in [0.4, 0.5) is 4.39 Å². The van der Waals surface area contributed by atoms with E-state index in [1.165, 1.54) is 19.2 Å². The maximum atomic E-state index is 13.5. The zero-order valence-corrected chi connectivity index (χ0v) is 9.83. The van der Waals surface area contributed by atoms with Gasteiger partial charge in [-0.05, 0) is 49.1 Å². The molecule has 17 heavy (non-hydrogen) atoms. The fourth-order valence-corrected chi connectivity index (χ4v) is 2.22. The minimum absolute atomic E-state index is 0.280. The summed E-state index contributed by atoms with van der Waals surface area (Å²) in [5.74, 6) is -0.592. The second-order valence-electron chi connectivity index (χ2n) is 4.31. The highest BCUT2D eigenvalue weighted by Crippen LogP contribution is 2.25. The first-order chi connectivity index (χ1) is 8.20. The summed E-state index contributed by atoms with van der Waals surface area (Å²) in [6.07, 6.45) is 2.10. The van der Waals surface area contributed by atoms with Gasteiger partial charge in [-0.2, -0.15) is 0 Å². The SMILES string of the molecule is COC(=O)c1cc(F)cc(C2CCCNC2)c1.